The van der Waals surface area contributed by atoms with Crippen LogP contribution in [0.3, 0.4) is 0 Å². The summed E-state index contributed by atoms with van der Waals surface area (Å²) >= 11 is 9.02. The summed E-state index contributed by atoms with van der Waals surface area (Å²) in [4.78, 5) is 6.05. The van der Waals surface area contributed by atoms with Gasteiger partial charge in [-0.25, -0.2) is 4.98 Å². The van der Waals surface area contributed by atoms with Crippen LogP contribution in [-0.4, -0.2) is 9.97 Å². The molecule has 12 heavy (non-hydrogen) atoms. The van der Waals surface area contributed by atoms with Crippen LogP contribution in [0.4, 0.5) is 4.39 Å². The fourth-order valence-electron chi connectivity index (χ4n) is 0.999. The number of nitrogens with one attached hydrogen (secondary N) is 1. The minimum Gasteiger partial charge on any atom is -0.313 e. The Morgan fingerprint density at radius 3 is 2.92 bits per heavy atom. The van der Waals surface area contributed by atoms with Crippen molar-refractivity contribution in [2.45, 2.75) is 0 Å². The van der Waals surface area contributed by atoms with E-state index in [9.17, 15) is 4.39 Å². The first-order valence-electron chi connectivity index (χ1n) is 3.17. The fraction of sp³-hybridized carbons (Fsp3) is 0. The fourth-order valence-corrected chi connectivity index (χ4v) is 1.62. The molecule has 62 valence electrons. The minimum atomic E-state index is -0.626. The molecule has 1 aromatic heterocycles. The van der Waals surface area contributed by atoms with Gasteiger partial charge in [-0.2, -0.15) is 4.39 Å². The van der Waals surface area contributed by atoms with E-state index >= 15 is 0 Å². The highest BCUT2D eigenvalue weighted by Gasteiger charge is 2.07. The molecule has 1 heterocycles. The van der Waals surface area contributed by atoms with Gasteiger partial charge in [0.1, 0.15) is 5.52 Å². The number of halogens is 3. The van der Waals surface area contributed by atoms with Crippen molar-refractivity contribution in [3.8, 4) is 0 Å². The molecule has 0 fully saturated rings. The Morgan fingerprint density at radius 1 is 1.50 bits per heavy atom. The largest absolute Gasteiger partial charge is 0.313 e. The average Bonchev–Trinajstić information content (AvgIpc) is 2.41. The van der Waals surface area contributed by atoms with Crippen molar-refractivity contribution in [3.63, 3.8) is 0 Å². The summed E-state index contributed by atoms with van der Waals surface area (Å²) in [6, 6.07) is 3.40. The van der Waals surface area contributed by atoms with Crippen LogP contribution in [-0.2, 0) is 0 Å². The highest BCUT2D eigenvalue weighted by atomic mass is 79.9. The molecule has 0 aliphatic rings. The minimum absolute atomic E-state index is 0.438. The number of hydrogen-bond acceptors (Lipinski definition) is 1. The SMILES string of the molecule is Fc1nc2c(Cl)ccc(Br)c2[nH]1. The van der Waals surface area contributed by atoms with Gasteiger partial charge in [-0.1, -0.05) is 11.6 Å². The number of rotatable bonds is 0. The molecule has 0 atom stereocenters. The first-order valence-corrected chi connectivity index (χ1v) is 4.35. The summed E-state index contributed by atoms with van der Waals surface area (Å²) < 4.78 is 13.4. The zero-order valence-electron chi connectivity index (χ0n) is 5.74. The third kappa shape index (κ3) is 1.11. The zero-order valence-corrected chi connectivity index (χ0v) is 8.08. The molecule has 1 aromatic carbocycles. The predicted octanol–water partition coefficient (Wildman–Crippen LogP) is 3.12. The highest BCUT2D eigenvalue weighted by molar-refractivity contribution is 9.10. The van der Waals surface area contributed by atoms with E-state index < -0.39 is 6.08 Å². The van der Waals surface area contributed by atoms with E-state index in [-0.39, 0.29) is 0 Å². The lowest BCUT2D eigenvalue weighted by molar-refractivity contribution is 0.556. The topological polar surface area (TPSA) is 28.7 Å². The number of aromatic amines is 1. The Kier molecular flexibility index (Phi) is 1.81. The van der Waals surface area contributed by atoms with E-state index in [1.807, 2.05) is 0 Å². The van der Waals surface area contributed by atoms with Crippen molar-refractivity contribution < 1.29 is 4.39 Å². The lowest BCUT2D eigenvalue weighted by Crippen LogP contribution is -1.72. The maximum absolute atomic E-state index is 12.6. The van der Waals surface area contributed by atoms with Gasteiger partial charge >= 0.3 is 0 Å². The molecule has 0 unspecified atom stereocenters. The second kappa shape index (κ2) is 2.71. The molecule has 1 N–H and O–H groups in total. The molecule has 2 nitrogen and oxygen atoms in total. The third-order valence-electron chi connectivity index (χ3n) is 1.52. The molecule has 5 heteroatoms. The molecule has 2 rings (SSSR count). The van der Waals surface area contributed by atoms with Gasteiger partial charge in [-0.05, 0) is 28.1 Å². The van der Waals surface area contributed by atoms with E-state index in [2.05, 4.69) is 25.9 Å². The first kappa shape index (κ1) is 8.01. The van der Waals surface area contributed by atoms with Crippen LogP contribution in [0.5, 0.6) is 0 Å². The molecular weight excluding hydrogens is 246 g/mol. The number of nitrogens with zero attached hydrogens (tertiary/aromatic N) is 1. The Morgan fingerprint density at radius 2 is 2.25 bits per heavy atom. The summed E-state index contributed by atoms with van der Waals surface area (Å²) in [5.74, 6) is 0. The normalized spacial score (nSPS) is 10.9. The van der Waals surface area contributed by atoms with Gasteiger partial charge in [0, 0.05) is 4.47 Å². The molecule has 0 saturated heterocycles. The van der Waals surface area contributed by atoms with Gasteiger partial charge in [0.05, 0.1) is 10.5 Å². The van der Waals surface area contributed by atoms with Crippen molar-refractivity contribution in [2.75, 3.05) is 0 Å². The van der Waals surface area contributed by atoms with Crippen LogP contribution >= 0.6 is 27.5 Å². The summed E-state index contributed by atoms with van der Waals surface area (Å²) in [6.07, 6.45) is -0.626. The average molecular weight is 249 g/mol. The summed E-state index contributed by atoms with van der Waals surface area (Å²) in [6.45, 7) is 0. The molecule has 0 aliphatic heterocycles. The predicted molar refractivity (Wildman–Crippen MR) is 48.8 cm³/mol. The van der Waals surface area contributed by atoms with Gasteiger partial charge in [0.25, 0.3) is 6.08 Å². The Hall–Kier alpha value is -0.610. The van der Waals surface area contributed by atoms with Crippen molar-refractivity contribution in [3.05, 3.63) is 27.7 Å². The molecule has 0 bridgehead atoms. The van der Waals surface area contributed by atoms with Crippen molar-refractivity contribution in [1.82, 2.24) is 9.97 Å². The van der Waals surface area contributed by atoms with Gasteiger partial charge in [0.15, 0.2) is 0 Å². The number of fused-ring (bicyclic) bond motifs is 1. The third-order valence-corrected chi connectivity index (χ3v) is 2.48. The van der Waals surface area contributed by atoms with Gasteiger partial charge in [-0.3, -0.25) is 0 Å². The maximum atomic E-state index is 12.6. The van der Waals surface area contributed by atoms with Gasteiger partial charge < -0.3 is 4.98 Å². The van der Waals surface area contributed by atoms with Crippen LogP contribution in [0.2, 0.25) is 5.02 Å². The molecule has 0 spiro atoms. The van der Waals surface area contributed by atoms with Gasteiger partial charge in [-0.15, -0.1) is 0 Å². The second-order valence-electron chi connectivity index (χ2n) is 2.28. The molecule has 0 aliphatic carbocycles. The second-order valence-corrected chi connectivity index (χ2v) is 3.54. The lowest BCUT2D eigenvalue weighted by Gasteiger charge is -1.93. The van der Waals surface area contributed by atoms with Crippen LogP contribution in [0.1, 0.15) is 0 Å². The summed E-state index contributed by atoms with van der Waals surface area (Å²) in [5, 5.41) is 0.438. The van der Waals surface area contributed by atoms with E-state index in [0.717, 1.165) is 4.47 Å². The Balaban J connectivity index is 2.93. The van der Waals surface area contributed by atoms with Crippen LogP contribution in [0.15, 0.2) is 16.6 Å². The maximum Gasteiger partial charge on any atom is 0.287 e. The highest BCUT2D eigenvalue weighted by Crippen LogP contribution is 2.27. The van der Waals surface area contributed by atoms with Crippen molar-refractivity contribution >= 4 is 38.6 Å². The Labute approximate surface area is 80.9 Å². The molecule has 0 radical (unpaired) electrons. The smallest absolute Gasteiger partial charge is 0.287 e. The number of H-pyrrole nitrogens is 1. The van der Waals surface area contributed by atoms with E-state index in [1.165, 1.54) is 0 Å². The van der Waals surface area contributed by atoms with Gasteiger partial charge in [0.2, 0.25) is 0 Å². The standard InChI is InChI=1S/C7H3BrClFN2/c8-3-1-2-4(9)6-5(3)11-7(10)12-6/h1-2H,(H,11,12). The summed E-state index contributed by atoms with van der Waals surface area (Å²) in [7, 11) is 0. The van der Waals surface area contributed by atoms with E-state index in [0.29, 0.717) is 16.1 Å². The number of imidazole rings is 1. The van der Waals surface area contributed by atoms with E-state index in [1.54, 1.807) is 12.1 Å². The number of benzene rings is 1. The Bertz CT molecular complexity index is 401. The number of aromatic nitrogens is 2. The van der Waals surface area contributed by atoms with Crippen LogP contribution in [0, 0.1) is 6.08 Å². The van der Waals surface area contributed by atoms with Crippen molar-refractivity contribution in [2.24, 2.45) is 0 Å². The van der Waals surface area contributed by atoms with E-state index in [4.69, 9.17) is 11.6 Å². The molecule has 0 amide bonds. The quantitative estimate of drug-likeness (QED) is 0.763. The van der Waals surface area contributed by atoms with Crippen molar-refractivity contribution in [1.29, 1.82) is 0 Å². The molecule has 0 saturated carbocycles. The lowest BCUT2D eigenvalue weighted by atomic mass is 10.3. The zero-order chi connectivity index (χ0) is 8.72. The molecular formula is C7H3BrClFN2. The van der Waals surface area contributed by atoms with Crippen LogP contribution in [0.25, 0.3) is 11.0 Å². The number of hydrogen-bond donors (Lipinski definition) is 1. The molecule has 2 aromatic rings. The summed E-state index contributed by atoms with van der Waals surface area (Å²) in [5.41, 5.74) is 1.03. The van der Waals surface area contributed by atoms with Crippen LogP contribution < -0.4 is 0 Å². The first-order chi connectivity index (χ1) is 5.68. The monoisotopic (exact) mass is 248 g/mol.